The molecule has 0 aliphatic carbocycles. The van der Waals surface area contributed by atoms with E-state index in [0.717, 1.165) is 33.4 Å². The molecule has 0 amide bonds. The zero-order valence-corrected chi connectivity index (χ0v) is 35.6. The van der Waals surface area contributed by atoms with Gasteiger partial charge in [0.15, 0.2) is 0 Å². The van der Waals surface area contributed by atoms with Crippen molar-refractivity contribution in [3.8, 4) is 34.5 Å². The summed E-state index contributed by atoms with van der Waals surface area (Å²) in [5.74, 6) is 2.19. The molecule has 0 atom stereocenters. The van der Waals surface area contributed by atoms with Gasteiger partial charge in [0.25, 0.3) is 0 Å². The molecule has 292 valence electrons. The predicted molar refractivity (Wildman–Crippen MR) is 226 cm³/mol. The van der Waals surface area contributed by atoms with Crippen molar-refractivity contribution in [2.45, 2.75) is 118 Å². The van der Waals surface area contributed by atoms with Crippen LogP contribution in [-0.2, 0) is 34.5 Å². The van der Waals surface area contributed by atoms with Crippen LogP contribution in [0.15, 0.2) is 97.1 Å². The Morgan fingerprint density at radius 2 is 0.673 bits per heavy atom. The van der Waals surface area contributed by atoms with Crippen LogP contribution >= 0.6 is 8.60 Å². The minimum Gasteiger partial charge on any atom is -0.507 e. The SMILES string of the molecule is CC(C)(C)c1cc(OP(Oc2cc(Cc3ccccc3)c(O)c(Cc3ccccc3)c2)Oc2cc(C(C)(C)C)c(O)c(C(C)(C)C)c2)cc(C(C)(C)C)c1O. The summed E-state index contributed by atoms with van der Waals surface area (Å²) in [6, 6.07) is 31.2. The molecule has 7 heteroatoms. The molecule has 6 nitrogen and oxygen atoms in total. The number of phenolic OH excluding ortho intramolecular Hbond substituents is 3. The lowest BCUT2D eigenvalue weighted by molar-refractivity contribution is 0.377. The zero-order valence-electron chi connectivity index (χ0n) is 34.7. The average molecular weight is 763 g/mol. The van der Waals surface area contributed by atoms with Gasteiger partial charge in [0.1, 0.15) is 34.5 Å². The number of benzene rings is 5. The predicted octanol–water partition coefficient (Wildman–Crippen LogP) is 12.9. The third-order valence-corrected chi connectivity index (χ3v) is 10.7. The number of phenols is 3. The second kappa shape index (κ2) is 15.8. The maximum Gasteiger partial charge on any atom is 0.530 e. The highest BCUT2D eigenvalue weighted by Gasteiger charge is 2.32. The van der Waals surface area contributed by atoms with Crippen molar-refractivity contribution in [1.29, 1.82) is 0 Å². The lowest BCUT2D eigenvalue weighted by Gasteiger charge is -2.29. The van der Waals surface area contributed by atoms with Crippen LogP contribution in [0.1, 0.15) is 128 Å². The van der Waals surface area contributed by atoms with Crippen LogP contribution in [-0.4, -0.2) is 15.3 Å². The average Bonchev–Trinajstić information content (AvgIpc) is 3.07. The van der Waals surface area contributed by atoms with Crippen LogP contribution in [0.4, 0.5) is 0 Å². The van der Waals surface area contributed by atoms with Crippen LogP contribution in [0.2, 0.25) is 0 Å². The highest BCUT2D eigenvalue weighted by molar-refractivity contribution is 7.43. The van der Waals surface area contributed by atoms with E-state index in [9.17, 15) is 15.3 Å². The second-order valence-corrected chi connectivity index (χ2v) is 19.6. The van der Waals surface area contributed by atoms with Crippen molar-refractivity contribution in [3.63, 3.8) is 0 Å². The lowest BCUT2D eigenvalue weighted by atomic mass is 9.79. The van der Waals surface area contributed by atoms with E-state index in [4.69, 9.17) is 13.6 Å². The quantitative estimate of drug-likeness (QED) is 0.123. The molecule has 0 bridgehead atoms. The number of hydrogen-bond donors (Lipinski definition) is 3. The van der Waals surface area contributed by atoms with Gasteiger partial charge in [-0.3, -0.25) is 0 Å². The Hall–Kier alpha value is -4.67. The number of rotatable bonds is 10. The first-order valence-electron chi connectivity index (χ1n) is 19.0. The Kier molecular flexibility index (Phi) is 11.9. The summed E-state index contributed by atoms with van der Waals surface area (Å²) >= 11 is 0. The topological polar surface area (TPSA) is 88.4 Å². The minimum absolute atomic E-state index is 0.220. The van der Waals surface area contributed by atoms with Gasteiger partial charge in [0.2, 0.25) is 0 Å². The van der Waals surface area contributed by atoms with Gasteiger partial charge in [-0.05, 0) is 69.2 Å². The first-order valence-corrected chi connectivity index (χ1v) is 20.1. The molecule has 5 aromatic rings. The molecule has 0 radical (unpaired) electrons. The van der Waals surface area contributed by atoms with Crippen LogP contribution in [0.3, 0.4) is 0 Å². The molecule has 0 aliphatic heterocycles. The normalized spacial score (nSPS) is 12.5. The Morgan fingerprint density at radius 1 is 0.400 bits per heavy atom. The van der Waals surface area contributed by atoms with E-state index < -0.39 is 8.60 Å². The van der Waals surface area contributed by atoms with Crippen LogP contribution in [0, 0.1) is 0 Å². The minimum atomic E-state index is -2.20. The molecular weight excluding hydrogens is 703 g/mol. The standard InChI is InChI=1S/C48H59O6P/c1-45(2,3)38-27-36(28-39(43(38)50)46(4,5)6)53-55(54-37-29-40(47(7,8)9)44(51)41(30-37)48(10,11)12)52-35-25-33(23-31-19-15-13-16-20-31)42(49)34(26-35)24-32-21-17-14-18-22-32/h13-22,25-30,49-51H,23-24H2,1-12H3. The van der Waals surface area contributed by atoms with E-state index in [-0.39, 0.29) is 38.9 Å². The molecule has 0 saturated carbocycles. The first-order chi connectivity index (χ1) is 25.5. The smallest absolute Gasteiger partial charge is 0.507 e. The fourth-order valence-electron chi connectivity index (χ4n) is 6.60. The molecular formula is C48H59O6P. The van der Waals surface area contributed by atoms with Crippen molar-refractivity contribution in [1.82, 2.24) is 0 Å². The van der Waals surface area contributed by atoms with Crippen molar-refractivity contribution in [3.05, 3.63) is 142 Å². The molecule has 5 aromatic carbocycles. The van der Waals surface area contributed by atoms with Gasteiger partial charge in [-0.1, -0.05) is 144 Å². The van der Waals surface area contributed by atoms with Crippen molar-refractivity contribution in [2.24, 2.45) is 0 Å². The number of hydrogen-bond acceptors (Lipinski definition) is 6. The molecule has 0 heterocycles. The summed E-state index contributed by atoms with van der Waals surface area (Å²) in [7, 11) is -2.20. The summed E-state index contributed by atoms with van der Waals surface area (Å²) in [5.41, 5.74) is 5.00. The molecule has 0 unspecified atom stereocenters. The maximum atomic E-state index is 11.7. The maximum absolute atomic E-state index is 11.7. The fourth-order valence-corrected chi connectivity index (χ4v) is 7.55. The van der Waals surface area contributed by atoms with E-state index in [1.54, 1.807) is 0 Å². The van der Waals surface area contributed by atoms with Crippen LogP contribution < -0.4 is 13.6 Å². The third-order valence-electron chi connectivity index (χ3n) is 9.65. The molecule has 3 N–H and O–H groups in total. The fraction of sp³-hybridized carbons (Fsp3) is 0.375. The lowest BCUT2D eigenvalue weighted by Crippen LogP contribution is -2.18. The van der Waals surface area contributed by atoms with E-state index in [1.165, 1.54) is 0 Å². The Balaban J connectivity index is 1.68. The van der Waals surface area contributed by atoms with Gasteiger partial charge in [-0.25, -0.2) is 0 Å². The van der Waals surface area contributed by atoms with Crippen molar-refractivity contribution in [2.75, 3.05) is 0 Å². The first kappa shape index (κ1) is 41.5. The highest BCUT2D eigenvalue weighted by Crippen LogP contribution is 2.50. The van der Waals surface area contributed by atoms with E-state index in [1.807, 2.05) is 97.1 Å². The van der Waals surface area contributed by atoms with Gasteiger partial charge in [0.05, 0.1) is 0 Å². The highest BCUT2D eigenvalue weighted by atomic mass is 31.2. The van der Waals surface area contributed by atoms with Crippen molar-refractivity contribution < 1.29 is 28.9 Å². The van der Waals surface area contributed by atoms with Crippen LogP contribution in [0.5, 0.6) is 34.5 Å². The van der Waals surface area contributed by atoms with Gasteiger partial charge in [-0.15, -0.1) is 0 Å². The molecule has 0 saturated heterocycles. The number of aromatic hydroxyl groups is 3. The zero-order chi connectivity index (χ0) is 40.5. The summed E-state index contributed by atoms with van der Waals surface area (Å²) in [6.07, 6.45) is 0.990. The molecule has 0 aliphatic rings. The van der Waals surface area contributed by atoms with E-state index in [0.29, 0.717) is 41.2 Å². The van der Waals surface area contributed by atoms with E-state index in [2.05, 4.69) is 83.1 Å². The summed E-state index contributed by atoms with van der Waals surface area (Å²) in [5, 5.41) is 34.7. The van der Waals surface area contributed by atoms with Gasteiger partial charge in [0, 0.05) is 46.2 Å². The Bertz CT molecular complexity index is 1880. The monoisotopic (exact) mass is 762 g/mol. The van der Waals surface area contributed by atoms with E-state index >= 15 is 0 Å². The molecule has 0 fully saturated rings. The summed E-state index contributed by atoms with van der Waals surface area (Å²) in [6.45, 7) is 24.7. The van der Waals surface area contributed by atoms with Gasteiger partial charge < -0.3 is 28.9 Å². The summed E-state index contributed by atoms with van der Waals surface area (Å²) < 4.78 is 20.3. The Labute approximate surface area is 330 Å². The molecule has 55 heavy (non-hydrogen) atoms. The second-order valence-electron chi connectivity index (χ2n) is 18.6. The van der Waals surface area contributed by atoms with Crippen molar-refractivity contribution >= 4 is 8.60 Å². The van der Waals surface area contributed by atoms with Crippen LogP contribution in [0.25, 0.3) is 0 Å². The molecule has 0 aromatic heterocycles. The Morgan fingerprint density at radius 3 is 0.945 bits per heavy atom. The third kappa shape index (κ3) is 10.3. The van der Waals surface area contributed by atoms with Gasteiger partial charge >= 0.3 is 8.60 Å². The molecule has 0 spiro atoms. The van der Waals surface area contributed by atoms with Gasteiger partial charge in [-0.2, -0.15) is 0 Å². The summed E-state index contributed by atoms with van der Waals surface area (Å²) in [4.78, 5) is 0. The largest absolute Gasteiger partial charge is 0.530 e. The molecule has 5 rings (SSSR count).